The van der Waals surface area contributed by atoms with Crippen molar-refractivity contribution in [2.45, 2.75) is 78.4 Å². The summed E-state index contributed by atoms with van der Waals surface area (Å²) in [5.74, 6) is -5.54. The van der Waals surface area contributed by atoms with Crippen LogP contribution in [-0.4, -0.2) is 82.0 Å². The number of imide groups is 1. The summed E-state index contributed by atoms with van der Waals surface area (Å²) in [5.41, 5.74) is -2.45. The monoisotopic (exact) mass is 755 g/mol. The first-order valence-electron chi connectivity index (χ1n) is 16.5. The van der Waals surface area contributed by atoms with Crippen LogP contribution < -0.4 is 20.5 Å². The molecule has 1 aliphatic heterocycles. The van der Waals surface area contributed by atoms with Gasteiger partial charge in [-0.1, -0.05) is 0 Å². The summed E-state index contributed by atoms with van der Waals surface area (Å²) < 4.78 is 48.0. The van der Waals surface area contributed by atoms with Gasteiger partial charge in [-0.05, 0) is 77.4 Å². The Kier molecular flexibility index (Phi) is 12.3. The zero-order valence-corrected chi connectivity index (χ0v) is 30.2. The molecule has 0 bridgehead atoms. The number of carbonyl (C=O) groups excluding carboxylic acids is 4. The minimum atomic E-state index is -3.31. The molecule has 18 heteroatoms. The van der Waals surface area contributed by atoms with Crippen LogP contribution in [0.5, 0.6) is 5.75 Å². The molecular formula is C36H39F2N5O11. The van der Waals surface area contributed by atoms with Crippen LogP contribution in [0.3, 0.4) is 0 Å². The highest BCUT2D eigenvalue weighted by Crippen LogP contribution is 2.36. The van der Waals surface area contributed by atoms with Gasteiger partial charge in [-0.25, -0.2) is 14.5 Å². The van der Waals surface area contributed by atoms with Gasteiger partial charge in [0, 0.05) is 29.8 Å². The Hall–Kier alpha value is -6.09. The Labute approximate surface area is 307 Å². The van der Waals surface area contributed by atoms with E-state index in [2.05, 4.69) is 15.0 Å². The number of pyridine rings is 1. The van der Waals surface area contributed by atoms with Crippen molar-refractivity contribution in [1.29, 1.82) is 5.26 Å². The van der Waals surface area contributed by atoms with Gasteiger partial charge in [0.05, 0.1) is 48.3 Å². The lowest BCUT2D eigenvalue weighted by molar-refractivity contribution is -0.149. The van der Waals surface area contributed by atoms with Crippen LogP contribution in [0.25, 0.3) is 10.9 Å². The summed E-state index contributed by atoms with van der Waals surface area (Å²) in [6, 6.07) is 10.9. The van der Waals surface area contributed by atoms with Crippen LogP contribution in [-0.2, 0) is 35.1 Å². The van der Waals surface area contributed by atoms with Crippen molar-refractivity contribution in [3.63, 3.8) is 0 Å². The molecule has 2 heterocycles. The van der Waals surface area contributed by atoms with Crippen LogP contribution in [0.4, 0.5) is 29.7 Å². The second-order valence-electron chi connectivity index (χ2n) is 14.1. The first-order chi connectivity index (χ1) is 25.1. The van der Waals surface area contributed by atoms with Crippen molar-refractivity contribution in [3.05, 3.63) is 63.9 Å². The number of aliphatic carboxylic acids is 1. The Balaban J connectivity index is 1.66. The number of carboxylic acid groups (broad SMARTS) is 1. The molecule has 1 unspecified atom stereocenters. The molecule has 1 saturated heterocycles. The maximum absolute atomic E-state index is 13.9. The molecule has 2 aromatic carbocycles. The van der Waals surface area contributed by atoms with Gasteiger partial charge < -0.3 is 39.3 Å². The Morgan fingerprint density at radius 3 is 2.26 bits per heavy atom. The Morgan fingerprint density at radius 1 is 1.04 bits per heavy atom. The first-order valence-corrected chi connectivity index (χ1v) is 16.5. The number of benzene rings is 2. The molecule has 2 atom stereocenters. The number of nitriles is 1. The summed E-state index contributed by atoms with van der Waals surface area (Å²) in [6.45, 7) is 5.26. The zero-order valence-electron chi connectivity index (χ0n) is 30.2. The van der Waals surface area contributed by atoms with E-state index in [1.807, 2.05) is 6.07 Å². The van der Waals surface area contributed by atoms with Gasteiger partial charge in [-0.2, -0.15) is 14.0 Å². The smallest absolute Gasteiger partial charge is 0.420 e. The largest absolute Gasteiger partial charge is 0.481 e. The van der Waals surface area contributed by atoms with E-state index in [0.717, 1.165) is 11.0 Å². The summed E-state index contributed by atoms with van der Waals surface area (Å²) in [4.78, 5) is 81.9. The van der Waals surface area contributed by atoms with Crippen LogP contribution >= 0.6 is 0 Å². The molecule has 1 fully saturated rings. The number of halogens is 2. The van der Waals surface area contributed by atoms with E-state index in [9.17, 15) is 47.9 Å². The van der Waals surface area contributed by atoms with Gasteiger partial charge in [-0.3, -0.25) is 19.2 Å². The molecule has 4 rings (SSSR count). The van der Waals surface area contributed by atoms with Gasteiger partial charge in [0.1, 0.15) is 17.3 Å². The lowest BCUT2D eigenvalue weighted by Crippen LogP contribution is -2.53. The lowest BCUT2D eigenvalue weighted by atomic mass is 9.94. The number of carbonyl (C=O) groups is 5. The van der Waals surface area contributed by atoms with Crippen molar-refractivity contribution in [2.24, 2.45) is 5.92 Å². The van der Waals surface area contributed by atoms with Crippen molar-refractivity contribution in [2.75, 3.05) is 23.4 Å². The fraction of sp³-hybridized carbons (Fsp3) is 0.417. The number of fused-ring (bicyclic) bond motifs is 1. The number of ether oxygens (including phenoxy) is 4. The van der Waals surface area contributed by atoms with Crippen LogP contribution in [0.2, 0.25) is 0 Å². The third-order valence-electron chi connectivity index (χ3n) is 7.58. The number of aromatic amines is 1. The van der Waals surface area contributed by atoms with Crippen LogP contribution in [0.15, 0.2) is 47.3 Å². The fourth-order valence-electron chi connectivity index (χ4n) is 5.39. The second-order valence-corrected chi connectivity index (χ2v) is 14.1. The zero-order chi connectivity index (χ0) is 40.1. The number of aromatic nitrogens is 1. The fourth-order valence-corrected chi connectivity index (χ4v) is 5.39. The average Bonchev–Trinajstić information content (AvgIpc) is 3.04. The number of nitrogens with one attached hydrogen (secondary N) is 2. The normalized spacial score (nSPS) is 15.3. The molecule has 0 radical (unpaired) electrons. The average molecular weight is 756 g/mol. The SMILES string of the molecule is CC(C)(C)OC(=O)N(Cc1cc(NC(=O)C(CC(=O)O)[C@H]2OCCN(c3cc4ccc(=O)[nH]c4cc3OC(F)F)C2=O)ccc1C#N)C(=O)OC(C)(C)C. The Morgan fingerprint density at radius 2 is 1.69 bits per heavy atom. The number of nitrogens with zero attached hydrogens (tertiary/aromatic N) is 3. The number of carboxylic acids is 1. The molecule has 4 amide bonds. The molecule has 0 spiro atoms. The molecule has 0 aliphatic carbocycles. The highest BCUT2D eigenvalue weighted by molar-refractivity contribution is 6.05. The number of rotatable bonds is 10. The summed E-state index contributed by atoms with van der Waals surface area (Å²) in [7, 11) is 0. The van der Waals surface area contributed by atoms with Crippen LogP contribution in [0.1, 0.15) is 59.1 Å². The number of alkyl halides is 2. The van der Waals surface area contributed by atoms with Gasteiger partial charge in [-0.15, -0.1) is 0 Å². The highest BCUT2D eigenvalue weighted by atomic mass is 19.3. The van der Waals surface area contributed by atoms with Gasteiger partial charge in [0.15, 0.2) is 5.75 Å². The minimum Gasteiger partial charge on any atom is -0.481 e. The van der Waals surface area contributed by atoms with Crippen molar-refractivity contribution < 1.29 is 56.8 Å². The summed E-state index contributed by atoms with van der Waals surface area (Å²) in [5, 5.41) is 22.4. The van der Waals surface area contributed by atoms with E-state index >= 15 is 0 Å². The minimum absolute atomic E-state index is 0.00558. The van der Waals surface area contributed by atoms with Crippen molar-refractivity contribution in [1.82, 2.24) is 9.88 Å². The number of H-pyrrole nitrogens is 1. The van der Waals surface area contributed by atoms with E-state index in [4.69, 9.17) is 14.2 Å². The quantitative estimate of drug-likeness (QED) is 0.245. The number of morpholine rings is 1. The van der Waals surface area contributed by atoms with E-state index in [1.54, 1.807) is 41.5 Å². The lowest BCUT2D eigenvalue weighted by Gasteiger charge is -2.36. The van der Waals surface area contributed by atoms with E-state index in [0.29, 0.717) is 10.3 Å². The molecule has 3 aromatic rings. The molecule has 16 nitrogen and oxygen atoms in total. The highest BCUT2D eigenvalue weighted by Gasteiger charge is 2.42. The molecule has 0 saturated carbocycles. The molecule has 3 N–H and O–H groups in total. The maximum atomic E-state index is 13.9. The van der Waals surface area contributed by atoms with Gasteiger partial charge in [0.25, 0.3) is 5.91 Å². The third kappa shape index (κ3) is 10.5. The van der Waals surface area contributed by atoms with Crippen molar-refractivity contribution >= 4 is 52.2 Å². The molecule has 1 aromatic heterocycles. The molecule has 1 aliphatic rings. The first kappa shape index (κ1) is 40.7. The molecule has 54 heavy (non-hydrogen) atoms. The molecular weight excluding hydrogens is 716 g/mol. The predicted octanol–water partition coefficient (Wildman–Crippen LogP) is 5.13. The predicted molar refractivity (Wildman–Crippen MR) is 187 cm³/mol. The number of anilines is 2. The third-order valence-corrected chi connectivity index (χ3v) is 7.58. The maximum Gasteiger partial charge on any atom is 0.420 e. The van der Waals surface area contributed by atoms with Gasteiger partial charge >= 0.3 is 24.8 Å². The number of amides is 4. The number of hydrogen-bond acceptors (Lipinski definition) is 11. The summed E-state index contributed by atoms with van der Waals surface area (Å²) in [6.07, 6.45) is -4.76. The van der Waals surface area contributed by atoms with E-state index in [1.165, 1.54) is 36.4 Å². The van der Waals surface area contributed by atoms with Crippen LogP contribution in [0, 0.1) is 17.2 Å². The van der Waals surface area contributed by atoms with E-state index < -0.39 is 84.1 Å². The topological polar surface area (TPSA) is 218 Å². The molecule has 288 valence electrons. The van der Waals surface area contributed by atoms with Crippen molar-refractivity contribution in [3.8, 4) is 11.8 Å². The summed E-state index contributed by atoms with van der Waals surface area (Å²) >= 11 is 0. The standard InChI is InChI=1S/C36H39F2N5O11/c1-35(2,3)53-33(49)43(34(50)54-36(4,5)6)18-21-13-22(9-7-20(21)17-39)40-30(47)23(15-28(45)46)29-31(48)42(11-12-51-29)25-14-19-8-10-27(44)41-24(19)16-26(25)52-32(37)38/h7-10,13-14,16,23,29,32H,11-12,15,18H2,1-6H3,(H,40,47)(H,41,44)(H,45,46)/t23?,29-/m1/s1. The second kappa shape index (κ2) is 16.3. The van der Waals surface area contributed by atoms with E-state index in [-0.39, 0.29) is 41.2 Å². The Bertz CT molecular complexity index is 2020. The van der Waals surface area contributed by atoms with Gasteiger partial charge in [0.2, 0.25) is 11.5 Å². The number of hydrogen-bond donors (Lipinski definition) is 3.